The maximum Gasteiger partial charge on any atom is -0.0190 e. The van der Waals surface area contributed by atoms with Crippen molar-refractivity contribution in [3.63, 3.8) is 0 Å². The fraction of sp³-hybridized carbons (Fsp3) is 0. The molecule has 20 heavy (non-hydrogen) atoms. The minimum Gasteiger partial charge on any atom is -0.0985 e. The summed E-state index contributed by atoms with van der Waals surface area (Å²) in [6.45, 7) is 14.7. The van der Waals surface area contributed by atoms with E-state index in [-0.39, 0.29) is 0 Å². The van der Waals surface area contributed by atoms with E-state index in [1.165, 1.54) is 0 Å². The van der Waals surface area contributed by atoms with E-state index in [1.54, 1.807) is 0 Å². The fourth-order valence-electron chi connectivity index (χ4n) is 1.65. The van der Waals surface area contributed by atoms with E-state index in [9.17, 15) is 0 Å². The quantitative estimate of drug-likeness (QED) is 0.637. The van der Waals surface area contributed by atoms with Gasteiger partial charge < -0.3 is 0 Å². The van der Waals surface area contributed by atoms with Gasteiger partial charge in [-0.1, -0.05) is 99.2 Å². The number of hydrogen-bond donors (Lipinski definition) is 0. The van der Waals surface area contributed by atoms with E-state index in [2.05, 4.69) is 26.3 Å². The van der Waals surface area contributed by atoms with Crippen molar-refractivity contribution in [1.82, 2.24) is 0 Å². The first-order valence-corrected chi connectivity index (χ1v) is 6.44. The molecule has 0 heterocycles. The van der Waals surface area contributed by atoms with Crippen molar-refractivity contribution in [1.29, 1.82) is 0 Å². The topological polar surface area (TPSA) is 0 Å². The predicted octanol–water partition coefficient (Wildman–Crippen LogP) is 5.95. The predicted molar refractivity (Wildman–Crippen MR) is 93.2 cm³/mol. The molecule has 0 radical (unpaired) electrons. The van der Waals surface area contributed by atoms with Crippen LogP contribution >= 0.6 is 0 Å². The second-order valence-corrected chi connectivity index (χ2v) is 4.11. The first-order chi connectivity index (χ1) is 9.74. The maximum atomic E-state index is 3.69. The van der Waals surface area contributed by atoms with E-state index >= 15 is 0 Å². The Bertz CT molecular complexity index is 532. The van der Waals surface area contributed by atoms with Gasteiger partial charge in [0.25, 0.3) is 0 Å². The van der Waals surface area contributed by atoms with Crippen molar-refractivity contribution in [3.8, 4) is 0 Å². The lowest BCUT2D eigenvalue weighted by Gasteiger charge is -1.96. The van der Waals surface area contributed by atoms with Gasteiger partial charge in [-0.3, -0.25) is 0 Å². The van der Waals surface area contributed by atoms with Gasteiger partial charge in [0.2, 0.25) is 0 Å². The number of benzene rings is 2. The summed E-state index contributed by atoms with van der Waals surface area (Å²) in [6.07, 6.45) is 7.31. The molecule has 0 aliphatic heterocycles. The Hall–Kier alpha value is -2.60. The molecular formula is C20H20. The molecule has 2 rings (SSSR count). The lowest BCUT2D eigenvalue weighted by molar-refractivity contribution is 1.62. The maximum absolute atomic E-state index is 3.69. The first-order valence-electron chi connectivity index (χ1n) is 6.44. The summed E-state index contributed by atoms with van der Waals surface area (Å²) in [7, 11) is 0. The van der Waals surface area contributed by atoms with Crippen LogP contribution in [0.15, 0.2) is 74.8 Å². The van der Waals surface area contributed by atoms with E-state index in [0.717, 1.165) is 22.3 Å². The van der Waals surface area contributed by atoms with Crippen LogP contribution in [-0.4, -0.2) is 0 Å². The Balaban J connectivity index is 0.000000200. The minimum absolute atomic E-state index is 1.14. The zero-order chi connectivity index (χ0) is 14.8. The van der Waals surface area contributed by atoms with Gasteiger partial charge >= 0.3 is 0 Å². The summed E-state index contributed by atoms with van der Waals surface area (Å²) in [6, 6.07) is 16.1. The van der Waals surface area contributed by atoms with Gasteiger partial charge in [-0.15, -0.1) is 0 Å². The molecule has 0 unspecified atom stereocenters. The van der Waals surface area contributed by atoms with Crippen LogP contribution in [0, 0.1) is 0 Å². The largest absolute Gasteiger partial charge is 0.0985 e. The normalized spacial score (nSPS) is 8.80. The van der Waals surface area contributed by atoms with Crippen LogP contribution in [0.1, 0.15) is 22.3 Å². The molecule has 0 atom stereocenters. The molecular weight excluding hydrogens is 240 g/mol. The van der Waals surface area contributed by atoms with Gasteiger partial charge in [0.1, 0.15) is 0 Å². The van der Waals surface area contributed by atoms with Crippen molar-refractivity contribution in [2.75, 3.05) is 0 Å². The molecule has 100 valence electrons. The Morgan fingerprint density at radius 3 is 1.10 bits per heavy atom. The Morgan fingerprint density at radius 2 is 0.850 bits per heavy atom. The van der Waals surface area contributed by atoms with Crippen molar-refractivity contribution < 1.29 is 0 Å². The molecule has 0 bridgehead atoms. The van der Waals surface area contributed by atoms with Crippen molar-refractivity contribution in [2.45, 2.75) is 0 Å². The number of rotatable bonds is 4. The molecule has 2 aromatic rings. The van der Waals surface area contributed by atoms with Gasteiger partial charge in [-0.25, -0.2) is 0 Å². The summed E-state index contributed by atoms with van der Waals surface area (Å²) >= 11 is 0. The molecule has 0 aliphatic rings. The summed E-state index contributed by atoms with van der Waals surface area (Å²) in [5.41, 5.74) is 4.56. The summed E-state index contributed by atoms with van der Waals surface area (Å²) in [4.78, 5) is 0. The first kappa shape index (κ1) is 15.5. The zero-order valence-electron chi connectivity index (χ0n) is 11.8. The van der Waals surface area contributed by atoms with E-state index in [4.69, 9.17) is 0 Å². The molecule has 0 fully saturated rings. The Labute approximate surface area is 122 Å². The van der Waals surface area contributed by atoms with Crippen LogP contribution in [0.3, 0.4) is 0 Å². The highest BCUT2D eigenvalue weighted by Crippen LogP contribution is 2.10. The summed E-state index contributed by atoms with van der Waals surface area (Å²) < 4.78 is 0. The van der Waals surface area contributed by atoms with Crippen LogP contribution in [0.4, 0.5) is 0 Å². The average Bonchev–Trinajstić information content (AvgIpc) is 2.55. The summed E-state index contributed by atoms with van der Waals surface area (Å²) in [5.74, 6) is 0. The smallest absolute Gasteiger partial charge is 0.0190 e. The monoisotopic (exact) mass is 260 g/mol. The third kappa shape index (κ3) is 4.58. The van der Waals surface area contributed by atoms with Gasteiger partial charge in [-0.05, 0) is 22.3 Å². The van der Waals surface area contributed by atoms with Crippen LogP contribution in [0.2, 0.25) is 0 Å². The zero-order valence-corrected chi connectivity index (χ0v) is 11.8. The van der Waals surface area contributed by atoms with Crippen LogP contribution < -0.4 is 0 Å². The molecule has 0 heteroatoms. The average molecular weight is 260 g/mol. The van der Waals surface area contributed by atoms with Gasteiger partial charge in [0.05, 0.1) is 0 Å². The molecule has 0 saturated carbocycles. The summed E-state index contributed by atoms with van der Waals surface area (Å²) in [5, 5.41) is 0. The highest BCUT2D eigenvalue weighted by atomic mass is 13.9. The van der Waals surface area contributed by atoms with Crippen LogP contribution in [-0.2, 0) is 0 Å². The molecule has 0 amide bonds. The lowest BCUT2D eigenvalue weighted by Crippen LogP contribution is -1.76. The van der Waals surface area contributed by atoms with Gasteiger partial charge in [0.15, 0.2) is 0 Å². The molecule has 0 nitrogen and oxygen atoms in total. The second-order valence-electron chi connectivity index (χ2n) is 4.11. The molecule has 0 N–H and O–H groups in total. The fourth-order valence-corrected chi connectivity index (χ4v) is 1.65. The highest BCUT2D eigenvalue weighted by Gasteiger charge is 1.89. The molecule has 0 spiro atoms. The Kier molecular flexibility index (Phi) is 6.56. The lowest BCUT2D eigenvalue weighted by atomic mass is 10.1. The SMILES string of the molecule is C=Cc1ccc(C=C)cc1.C=Cc1ccccc1C=C. The van der Waals surface area contributed by atoms with E-state index in [1.807, 2.05) is 72.8 Å². The van der Waals surface area contributed by atoms with E-state index in [0.29, 0.717) is 0 Å². The van der Waals surface area contributed by atoms with Crippen molar-refractivity contribution in [2.24, 2.45) is 0 Å². The second kappa shape index (κ2) is 8.49. The van der Waals surface area contributed by atoms with Crippen LogP contribution in [0.25, 0.3) is 24.3 Å². The van der Waals surface area contributed by atoms with Gasteiger partial charge in [-0.2, -0.15) is 0 Å². The standard InChI is InChI=1S/2C10H10/c1-3-9-5-7-10(4-2)8-6-9;1-3-9-7-5-6-8-10(9)4-2/h2*3-8H,1-2H2. The van der Waals surface area contributed by atoms with Gasteiger partial charge in [0, 0.05) is 0 Å². The number of hydrogen-bond acceptors (Lipinski definition) is 0. The third-order valence-corrected chi connectivity index (χ3v) is 2.84. The molecule has 0 saturated heterocycles. The molecule has 0 aliphatic carbocycles. The van der Waals surface area contributed by atoms with Crippen molar-refractivity contribution >= 4 is 24.3 Å². The molecule has 2 aromatic carbocycles. The molecule has 0 aromatic heterocycles. The third-order valence-electron chi connectivity index (χ3n) is 2.84. The van der Waals surface area contributed by atoms with Crippen molar-refractivity contribution in [3.05, 3.63) is 97.1 Å². The Morgan fingerprint density at radius 1 is 0.500 bits per heavy atom. The minimum atomic E-state index is 1.14. The highest BCUT2D eigenvalue weighted by molar-refractivity contribution is 5.63. The van der Waals surface area contributed by atoms with E-state index < -0.39 is 0 Å². The van der Waals surface area contributed by atoms with Crippen LogP contribution in [0.5, 0.6) is 0 Å².